The van der Waals surface area contributed by atoms with Crippen LogP contribution in [0.5, 0.6) is 0 Å². The van der Waals surface area contributed by atoms with E-state index in [9.17, 15) is 5.11 Å². The average molecular weight is 259 g/mol. The zero-order valence-corrected chi connectivity index (χ0v) is 11.8. The number of rotatable bonds is 2. The number of likely N-dealkylation sites (N-methyl/N-ethyl adjacent to an activating group) is 1. The summed E-state index contributed by atoms with van der Waals surface area (Å²) in [6.45, 7) is 6.30. The molecular weight excluding hydrogens is 238 g/mol. The van der Waals surface area contributed by atoms with Crippen LogP contribution in [0.25, 0.3) is 0 Å². The van der Waals surface area contributed by atoms with Crippen LogP contribution in [-0.2, 0) is 0 Å². The Labute approximate surface area is 114 Å². The molecular formula is C15H21N3O. The predicted molar refractivity (Wildman–Crippen MR) is 76.1 cm³/mol. The molecule has 1 N–H and O–H groups in total. The van der Waals surface area contributed by atoms with Gasteiger partial charge in [0.2, 0.25) is 0 Å². The summed E-state index contributed by atoms with van der Waals surface area (Å²) in [5.74, 6) is 0. The number of nitrogens with zero attached hydrogens (tertiary/aromatic N) is 3. The van der Waals surface area contributed by atoms with Gasteiger partial charge >= 0.3 is 0 Å². The van der Waals surface area contributed by atoms with Crippen molar-refractivity contribution in [3.63, 3.8) is 0 Å². The van der Waals surface area contributed by atoms with Crippen LogP contribution in [0.4, 0.5) is 5.69 Å². The first-order valence-electron chi connectivity index (χ1n) is 6.57. The Hall–Kier alpha value is -1.57. The van der Waals surface area contributed by atoms with Crippen molar-refractivity contribution < 1.29 is 5.11 Å². The molecule has 1 heterocycles. The molecule has 4 nitrogen and oxygen atoms in total. The molecule has 1 unspecified atom stereocenters. The molecule has 2 rings (SSSR count). The van der Waals surface area contributed by atoms with Crippen molar-refractivity contribution in [2.24, 2.45) is 0 Å². The third-order valence-electron chi connectivity index (χ3n) is 3.68. The van der Waals surface area contributed by atoms with E-state index in [1.165, 1.54) is 0 Å². The minimum Gasteiger partial charge on any atom is -0.394 e. The smallest absolute Gasteiger partial charge is 0.0991 e. The van der Waals surface area contributed by atoms with Gasteiger partial charge in [0.1, 0.15) is 0 Å². The number of benzene rings is 1. The molecule has 4 heteroatoms. The van der Waals surface area contributed by atoms with Crippen LogP contribution in [0.15, 0.2) is 24.3 Å². The van der Waals surface area contributed by atoms with Crippen LogP contribution in [-0.4, -0.2) is 48.3 Å². The fourth-order valence-corrected chi connectivity index (χ4v) is 3.13. The molecule has 0 radical (unpaired) electrons. The highest BCUT2D eigenvalue weighted by atomic mass is 16.3. The summed E-state index contributed by atoms with van der Waals surface area (Å²) in [6, 6.07) is 9.81. The molecule has 0 aliphatic carbocycles. The SMILES string of the molecule is CN1CC(CO)N(c2ccc(C#N)cc2)C(C)(C)C1. The van der Waals surface area contributed by atoms with Gasteiger partial charge < -0.3 is 14.9 Å². The summed E-state index contributed by atoms with van der Waals surface area (Å²) in [5, 5.41) is 18.5. The zero-order chi connectivity index (χ0) is 14.0. The molecule has 1 aliphatic rings. The monoisotopic (exact) mass is 259 g/mol. The van der Waals surface area contributed by atoms with E-state index >= 15 is 0 Å². The number of piperazine rings is 1. The van der Waals surface area contributed by atoms with Gasteiger partial charge in [0, 0.05) is 24.3 Å². The molecule has 1 aromatic carbocycles. The lowest BCUT2D eigenvalue weighted by molar-refractivity contribution is 0.137. The third kappa shape index (κ3) is 2.73. The molecule has 1 aliphatic heterocycles. The molecule has 0 aromatic heterocycles. The van der Waals surface area contributed by atoms with Gasteiger partial charge in [-0.25, -0.2) is 0 Å². The second-order valence-corrected chi connectivity index (χ2v) is 5.87. The largest absolute Gasteiger partial charge is 0.394 e. The average Bonchev–Trinajstić information content (AvgIpc) is 2.37. The molecule has 0 spiro atoms. The molecule has 0 saturated carbocycles. The molecule has 102 valence electrons. The van der Waals surface area contributed by atoms with Gasteiger partial charge in [0.25, 0.3) is 0 Å². The number of anilines is 1. The summed E-state index contributed by atoms with van der Waals surface area (Å²) in [7, 11) is 2.08. The Balaban J connectivity index is 2.35. The van der Waals surface area contributed by atoms with Crippen molar-refractivity contribution in [1.29, 1.82) is 5.26 Å². The highest BCUT2D eigenvalue weighted by molar-refractivity contribution is 5.53. The Bertz CT molecular complexity index is 475. The maximum Gasteiger partial charge on any atom is 0.0991 e. The Morgan fingerprint density at radius 1 is 1.37 bits per heavy atom. The minimum absolute atomic E-state index is 0.0471. The zero-order valence-electron chi connectivity index (χ0n) is 11.8. The van der Waals surface area contributed by atoms with Gasteiger partial charge in [-0.3, -0.25) is 0 Å². The van der Waals surface area contributed by atoms with Gasteiger partial charge in [-0.15, -0.1) is 0 Å². The van der Waals surface area contributed by atoms with Crippen molar-refractivity contribution in [3.8, 4) is 6.07 Å². The molecule has 1 atom stereocenters. The number of nitriles is 1. The molecule has 1 saturated heterocycles. The van der Waals surface area contributed by atoms with Gasteiger partial charge in [-0.05, 0) is 45.2 Å². The molecule has 19 heavy (non-hydrogen) atoms. The summed E-state index contributed by atoms with van der Waals surface area (Å²) in [4.78, 5) is 4.52. The van der Waals surface area contributed by atoms with E-state index in [1.54, 1.807) is 0 Å². The van der Waals surface area contributed by atoms with Crippen molar-refractivity contribution >= 4 is 5.69 Å². The van der Waals surface area contributed by atoms with E-state index in [-0.39, 0.29) is 18.2 Å². The van der Waals surface area contributed by atoms with Crippen LogP contribution in [0, 0.1) is 11.3 Å². The molecule has 1 fully saturated rings. The van der Waals surface area contributed by atoms with E-state index in [0.717, 1.165) is 18.8 Å². The fraction of sp³-hybridized carbons (Fsp3) is 0.533. The Morgan fingerprint density at radius 3 is 2.53 bits per heavy atom. The Kier molecular flexibility index (Phi) is 3.79. The van der Waals surface area contributed by atoms with Gasteiger partial charge in [0.15, 0.2) is 0 Å². The standard InChI is InChI=1S/C15H21N3O/c1-15(2)11-17(3)9-14(10-19)18(15)13-6-4-12(8-16)5-7-13/h4-7,14,19H,9-11H2,1-3H3. The van der Waals surface area contributed by atoms with Crippen molar-refractivity contribution in [2.45, 2.75) is 25.4 Å². The summed E-state index contributed by atoms with van der Waals surface area (Å²) in [6.07, 6.45) is 0. The maximum atomic E-state index is 9.65. The summed E-state index contributed by atoms with van der Waals surface area (Å²) in [5.41, 5.74) is 1.68. The predicted octanol–water partition coefficient (Wildman–Crippen LogP) is 1.45. The number of aliphatic hydroxyl groups excluding tert-OH is 1. The van der Waals surface area contributed by atoms with Gasteiger partial charge in [-0.2, -0.15) is 5.26 Å². The van der Waals surface area contributed by atoms with Gasteiger partial charge in [-0.1, -0.05) is 0 Å². The lowest BCUT2D eigenvalue weighted by Crippen LogP contribution is -2.64. The topological polar surface area (TPSA) is 50.5 Å². The molecule has 1 aromatic rings. The third-order valence-corrected chi connectivity index (χ3v) is 3.68. The van der Waals surface area contributed by atoms with Crippen molar-refractivity contribution in [2.75, 3.05) is 31.6 Å². The second kappa shape index (κ2) is 5.20. The highest BCUT2D eigenvalue weighted by Gasteiger charge is 2.38. The van der Waals surface area contributed by atoms with Crippen LogP contribution < -0.4 is 4.90 Å². The van der Waals surface area contributed by atoms with E-state index in [4.69, 9.17) is 5.26 Å². The normalized spacial score (nSPS) is 23.1. The van der Waals surface area contributed by atoms with E-state index in [2.05, 4.69) is 36.8 Å². The summed E-state index contributed by atoms with van der Waals surface area (Å²) >= 11 is 0. The van der Waals surface area contributed by atoms with E-state index in [0.29, 0.717) is 5.56 Å². The van der Waals surface area contributed by atoms with E-state index in [1.807, 2.05) is 24.3 Å². The molecule has 0 bridgehead atoms. The van der Waals surface area contributed by atoms with Crippen LogP contribution in [0.1, 0.15) is 19.4 Å². The fourth-order valence-electron chi connectivity index (χ4n) is 3.13. The molecule has 0 amide bonds. The van der Waals surface area contributed by atoms with Crippen molar-refractivity contribution in [1.82, 2.24) is 4.90 Å². The summed E-state index contributed by atoms with van der Waals surface area (Å²) < 4.78 is 0. The number of aliphatic hydroxyl groups is 1. The van der Waals surface area contributed by atoms with Crippen LogP contribution in [0.3, 0.4) is 0 Å². The number of hydrogen-bond acceptors (Lipinski definition) is 4. The Morgan fingerprint density at radius 2 is 2.00 bits per heavy atom. The van der Waals surface area contributed by atoms with Gasteiger partial charge in [0.05, 0.1) is 24.3 Å². The quantitative estimate of drug-likeness (QED) is 0.873. The minimum atomic E-state index is -0.0471. The van der Waals surface area contributed by atoms with Crippen molar-refractivity contribution in [3.05, 3.63) is 29.8 Å². The first-order valence-corrected chi connectivity index (χ1v) is 6.57. The second-order valence-electron chi connectivity index (χ2n) is 5.87. The highest BCUT2D eigenvalue weighted by Crippen LogP contribution is 2.31. The maximum absolute atomic E-state index is 9.65. The first-order chi connectivity index (χ1) is 8.97. The first kappa shape index (κ1) is 13.9. The van der Waals surface area contributed by atoms with E-state index < -0.39 is 0 Å². The lowest BCUT2D eigenvalue weighted by Gasteiger charge is -2.52. The van der Waals surface area contributed by atoms with Crippen LogP contribution >= 0.6 is 0 Å². The number of hydrogen-bond donors (Lipinski definition) is 1. The lowest BCUT2D eigenvalue weighted by atomic mass is 9.94. The van der Waals surface area contributed by atoms with Crippen LogP contribution in [0.2, 0.25) is 0 Å².